The number of rotatable bonds is 2. The number of carbonyl (C=O) groups is 4. The average Bonchev–Trinajstić information content (AvgIpc) is 2.79. The molecule has 3 amide bonds. The van der Waals surface area contributed by atoms with Gasteiger partial charge < -0.3 is 10.0 Å². The molecule has 2 aliphatic heterocycles. The summed E-state index contributed by atoms with van der Waals surface area (Å²) in [5, 5.41) is 9.30. The van der Waals surface area contributed by atoms with E-state index in [1.165, 1.54) is 4.90 Å². The Kier molecular flexibility index (Phi) is 3.87. The second-order valence-corrected chi connectivity index (χ2v) is 6.35. The molecule has 1 aromatic carbocycles. The van der Waals surface area contributed by atoms with Crippen LogP contribution >= 0.6 is 0 Å². The minimum absolute atomic E-state index is 0.0968. The highest BCUT2D eigenvalue weighted by Gasteiger charge is 2.45. The third-order valence-corrected chi connectivity index (χ3v) is 4.90. The summed E-state index contributed by atoms with van der Waals surface area (Å²) in [5.74, 6) is -2.16. The van der Waals surface area contributed by atoms with Crippen LogP contribution in [0.25, 0.3) is 0 Å². The summed E-state index contributed by atoms with van der Waals surface area (Å²) in [5.41, 5.74) is 0.642. The summed E-state index contributed by atoms with van der Waals surface area (Å²) in [7, 11) is 0. The van der Waals surface area contributed by atoms with Crippen molar-refractivity contribution in [2.24, 2.45) is 11.8 Å². The number of benzene rings is 1. The van der Waals surface area contributed by atoms with Gasteiger partial charge in [0.05, 0.1) is 17.0 Å². The first kappa shape index (κ1) is 16.2. The number of imide groups is 1. The first-order valence-corrected chi connectivity index (χ1v) is 7.81. The first-order chi connectivity index (χ1) is 11.3. The minimum Gasteiger partial charge on any atom is -0.465 e. The lowest BCUT2D eigenvalue weighted by Gasteiger charge is -2.40. The first-order valence-electron chi connectivity index (χ1n) is 7.81. The summed E-state index contributed by atoms with van der Waals surface area (Å²) in [6, 6.07) is 5.92. The minimum atomic E-state index is -1.10. The second-order valence-electron chi connectivity index (χ2n) is 6.35. The Morgan fingerprint density at radius 1 is 1.12 bits per heavy atom. The molecule has 3 atom stereocenters. The van der Waals surface area contributed by atoms with E-state index in [1.54, 1.807) is 38.1 Å². The van der Waals surface area contributed by atoms with Gasteiger partial charge in [0.15, 0.2) is 0 Å². The van der Waals surface area contributed by atoms with Crippen LogP contribution in [-0.4, -0.2) is 57.7 Å². The highest BCUT2D eigenvalue weighted by Crippen LogP contribution is 2.29. The fourth-order valence-electron chi connectivity index (χ4n) is 3.47. The largest absolute Gasteiger partial charge is 0.465 e. The number of fused-ring (bicyclic) bond motifs is 1. The smallest absolute Gasteiger partial charge is 0.407 e. The highest BCUT2D eigenvalue weighted by molar-refractivity contribution is 6.21. The molecule has 1 aromatic rings. The molecule has 0 aliphatic carbocycles. The van der Waals surface area contributed by atoms with Crippen LogP contribution in [0.2, 0.25) is 0 Å². The van der Waals surface area contributed by atoms with Crippen molar-refractivity contribution >= 4 is 23.7 Å². The maximum Gasteiger partial charge on any atom is 0.407 e. The Morgan fingerprint density at radius 2 is 1.67 bits per heavy atom. The molecule has 7 nitrogen and oxygen atoms in total. The number of carbonyl (C=O) groups excluding carboxylic acids is 3. The van der Waals surface area contributed by atoms with Crippen LogP contribution in [0.4, 0.5) is 4.79 Å². The van der Waals surface area contributed by atoms with Crippen LogP contribution in [0.3, 0.4) is 0 Å². The Bertz CT molecular complexity index is 709. The van der Waals surface area contributed by atoms with Crippen molar-refractivity contribution in [3.63, 3.8) is 0 Å². The van der Waals surface area contributed by atoms with Crippen LogP contribution in [0, 0.1) is 11.8 Å². The molecule has 0 spiro atoms. The molecule has 0 saturated carbocycles. The predicted molar refractivity (Wildman–Crippen MR) is 83.7 cm³/mol. The van der Waals surface area contributed by atoms with Crippen molar-refractivity contribution in [1.82, 2.24) is 9.80 Å². The monoisotopic (exact) mass is 330 g/mol. The van der Waals surface area contributed by atoms with Crippen molar-refractivity contribution < 1.29 is 24.3 Å². The van der Waals surface area contributed by atoms with Crippen molar-refractivity contribution in [2.45, 2.75) is 19.9 Å². The topological polar surface area (TPSA) is 95.0 Å². The van der Waals surface area contributed by atoms with E-state index in [-0.39, 0.29) is 18.9 Å². The number of ketones is 1. The molecule has 0 bridgehead atoms. The van der Waals surface area contributed by atoms with Crippen LogP contribution in [-0.2, 0) is 4.79 Å². The molecule has 24 heavy (non-hydrogen) atoms. The van der Waals surface area contributed by atoms with E-state index < -0.39 is 35.8 Å². The fourth-order valence-corrected chi connectivity index (χ4v) is 3.47. The highest BCUT2D eigenvalue weighted by atomic mass is 16.4. The zero-order chi connectivity index (χ0) is 17.6. The Morgan fingerprint density at radius 3 is 2.17 bits per heavy atom. The van der Waals surface area contributed by atoms with Gasteiger partial charge in [-0.2, -0.15) is 0 Å². The number of nitrogens with zero attached hydrogens (tertiary/aromatic N) is 2. The molecule has 126 valence electrons. The number of carboxylic acid groups (broad SMARTS) is 1. The maximum absolute atomic E-state index is 12.5. The molecule has 0 radical (unpaired) electrons. The van der Waals surface area contributed by atoms with Gasteiger partial charge in [-0.15, -0.1) is 0 Å². The average molecular weight is 330 g/mol. The molecule has 2 heterocycles. The van der Waals surface area contributed by atoms with Crippen molar-refractivity contribution in [3.8, 4) is 0 Å². The van der Waals surface area contributed by atoms with E-state index in [9.17, 15) is 24.3 Å². The van der Waals surface area contributed by atoms with Gasteiger partial charge in [0.2, 0.25) is 0 Å². The van der Waals surface area contributed by atoms with Gasteiger partial charge in [0.1, 0.15) is 5.78 Å². The van der Waals surface area contributed by atoms with Gasteiger partial charge in [0.25, 0.3) is 11.8 Å². The molecule has 1 fully saturated rings. The third kappa shape index (κ3) is 2.36. The van der Waals surface area contributed by atoms with Gasteiger partial charge in [-0.1, -0.05) is 19.1 Å². The summed E-state index contributed by atoms with van der Waals surface area (Å²) < 4.78 is 0. The van der Waals surface area contributed by atoms with Gasteiger partial charge in [-0.3, -0.25) is 19.3 Å². The molecule has 2 aliphatic rings. The maximum atomic E-state index is 12.5. The van der Waals surface area contributed by atoms with Gasteiger partial charge in [-0.25, -0.2) is 4.79 Å². The zero-order valence-corrected chi connectivity index (χ0v) is 13.4. The number of piperidine rings is 1. The van der Waals surface area contributed by atoms with Gasteiger partial charge >= 0.3 is 6.09 Å². The van der Waals surface area contributed by atoms with Crippen LogP contribution in [0.5, 0.6) is 0 Å². The van der Waals surface area contributed by atoms with Crippen molar-refractivity contribution in [3.05, 3.63) is 35.4 Å². The summed E-state index contributed by atoms with van der Waals surface area (Å²) in [6.45, 7) is 3.34. The van der Waals surface area contributed by atoms with Crippen molar-refractivity contribution in [1.29, 1.82) is 0 Å². The quantitative estimate of drug-likeness (QED) is 0.829. The summed E-state index contributed by atoms with van der Waals surface area (Å²) in [6.07, 6.45) is -1.10. The molecular weight excluding hydrogens is 312 g/mol. The van der Waals surface area contributed by atoms with Crippen molar-refractivity contribution in [2.75, 3.05) is 13.1 Å². The van der Waals surface area contributed by atoms with Gasteiger partial charge in [-0.05, 0) is 19.1 Å². The normalized spacial score (nSPS) is 26.8. The molecular formula is C17H18N2O5. The number of hydrogen-bond donors (Lipinski definition) is 1. The van der Waals surface area contributed by atoms with E-state index in [0.717, 1.165) is 4.90 Å². The SMILES string of the molecule is CC1CN(C(=O)O)[C@@H](C)C(CN2C(=O)c3ccccc3C2=O)C1=O. The van der Waals surface area contributed by atoms with Gasteiger partial charge in [0, 0.05) is 25.0 Å². The standard InChI is InChI=1S/C17H18N2O5/c1-9-7-18(17(23)24)10(2)13(14(9)20)8-19-15(21)11-5-3-4-6-12(11)16(19)22/h3-6,9-10,13H,7-8H2,1-2H3,(H,23,24)/t9?,10-,13?/m0/s1. The Labute approximate surface area is 138 Å². The Balaban J connectivity index is 1.87. The van der Waals surface area contributed by atoms with E-state index in [1.807, 2.05) is 0 Å². The molecule has 1 N–H and O–H groups in total. The summed E-state index contributed by atoms with van der Waals surface area (Å²) in [4.78, 5) is 51.1. The second kappa shape index (κ2) is 5.74. The van der Waals surface area contributed by atoms with E-state index in [0.29, 0.717) is 11.1 Å². The molecule has 3 rings (SSSR count). The van der Waals surface area contributed by atoms with Crippen LogP contribution in [0.1, 0.15) is 34.6 Å². The number of amides is 3. The lowest BCUT2D eigenvalue weighted by Crippen LogP contribution is -2.57. The molecule has 2 unspecified atom stereocenters. The summed E-state index contributed by atoms with van der Waals surface area (Å²) >= 11 is 0. The van der Waals surface area contributed by atoms with E-state index in [4.69, 9.17) is 0 Å². The Hall–Kier alpha value is -2.70. The fraction of sp³-hybridized carbons (Fsp3) is 0.412. The number of likely N-dealkylation sites (tertiary alicyclic amines) is 1. The third-order valence-electron chi connectivity index (χ3n) is 4.90. The van der Waals surface area contributed by atoms with E-state index >= 15 is 0 Å². The van der Waals surface area contributed by atoms with E-state index in [2.05, 4.69) is 0 Å². The number of hydrogen-bond acceptors (Lipinski definition) is 4. The van der Waals surface area contributed by atoms with Crippen LogP contribution < -0.4 is 0 Å². The lowest BCUT2D eigenvalue weighted by molar-refractivity contribution is -0.132. The number of Topliss-reactive ketones (excluding diaryl/α,β-unsaturated/α-hetero) is 1. The molecule has 1 saturated heterocycles. The van der Waals surface area contributed by atoms with Crippen LogP contribution in [0.15, 0.2) is 24.3 Å². The molecule has 7 heteroatoms. The predicted octanol–water partition coefficient (Wildman–Crippen LogP) is 1.49. The molecule has 0 aromatic heterocycles. The zero-order valence-electron chi connectivity index (χ0n) is 13.4. The lowest BCUT2D eigenvalue weighted by atomic mass is 9.83.